The molecule has 0 aliphatic carbocycles. The molecular formula is C24H28N4O2S. The summed E-state index contributed by atoms with van der Waals surface area (Å²) < 4.78 is 5.31. The van der Waals surface area contributed by atoms with Crippen molar-refractivity contribution in [2.24, 2.45) is 0 Å². The van der Waals surface area contributed by atoms with Crippen LogP contribution in [0.1, 0.15) is 12.0 Å². The van der Waals surface area contributed by atoms with Gasteiger partial charge in [0, 0.05) is 56.6 Å². The Morgan fingerprint density at radius 3 is 2.61 bits per heavy atom. The van der Waals surface area contributed by atoms with E-state index in [0.717, 1.165) is 56.3 Å². The van der Waals surface area contributed by atoms with Crippen LogP contribution in [0.4, 0.5) is 5.13 Å². The number of amides is 1. The number of piperazine rings is 1. The lowest BCUT2D eigenvalue weighted by Gasteiger charge is -2.34. The van der Waals surface area contributed by atoms with Crippen LogP contribution in [0.2, 0.25) is 0 Å². The van der Waals surface area contributed by atoms with Gasteiger partial charge in [-0.05, 0) is 17.7 Å². The van der Waals surface area contributed by atoms with Crippen molar-refractivity contribution < 1.29 is 9.53 Å². The van der Waals surface area contributed by atoms with E-state index in [0.29, 0.717) is 11.6 Å². The number of anilines is 1. The smallest absolute Gasteiger partial charge is 0.227 e. The number of carbonyl (C=O) groups excluding carboxylic acids is 1. The molecule has 1 aliphatic rings. The van der Waals surface area contributed by atoms with Gasteiger partial charge in [-0.1, -0.05) is 42.5 Å². The summed E-state index contributed by atoms with van der Waals surface area (Å²) in [6, 6.07) is 18.3. The largest absolute Gasteiger partial charge is 0.497 e. The molecule has 0 unspecified atom stereocenters. The number of hydrogen-bond acceptors (Lipinski definition) is 6. The molecule has 3 aromatic rings. The van der Waals surface area contributed by atoms with Crippen LogP contribution < -0.4 is 10.1 Å². The van der Waals surface area contributed by atoms with Gasteiger partial charge in [-0.15, -0.1) is 11.3 Å². The Labute approximate surface area is 187 Å². The lowest BCUT2D eigenvalue weighted by Crippen LogP contribution is -2.46. The second-order valence-electron chi connectivity index (χ2n) is 7.67. The summed E-state index contributed by atoms with van der Waals surface area (Å²) in [6.45, 7) is 5.67. The van der Waals surface area contributed by atoms with Gasteiger partial charge in [-0.3, -0.25) is 9.69 Å². The first-order valence-electron chi connectivity index (χ1n) is 10.6. The lowest BCUT2D eigenvalue weighted by atomic mass is 10.2. The normalized spacial score (nSPS) is 15.0. The van der Waals surface area contributed by atoms with E-state index in [9.17, 15) is 4.79 Å². The highest BCUT2D eigenvalue weighted by molar-refractivity contribution is 7.14. The lowest BCUT2D eigenvalue weighted by molar-refractivity contribution is -0.116. The van der Waals surface area contributed by atoms with Crippen LogP contribution in [-0.4, -0.2) is 60.5 Å². The molecule has 1 amide bonds. The van der Waals surface area contributed by atoms with Crippen molar-refractivity contribution in [3.63, 3.8) is 0 Å². The molecular weight excluding hydrogens is 408 g/mol. The van der Waals surface area contributed by atoms with Crippen LogP contribution in [-0.2, 0) is 11.3 Å². The number of aromatic nitrogens is 1. The van der Waals surface area contributed by atoms with Crippen LogP contribution in [0, 0.1) is 0 Å². The molecule has 7 heteroatoms. The number of nitrogens with one attached hydrogen (secondary N) is 1. The van der Waals surface area contributed by atoms with Crippen LogP contribution >= 0.6 is 11.3 Å². The van der Waals surface area contributed by atoms with Crippen molar-refractivity contribution in [1.82, 2.24) is 14.8 Å². The molecule has 1 aliphatic heterocycles. The van der Waals surface area contributed by atoms with Crippen LogP contribution in [0.3, 0.4) is 0 Å². The number of nitrogens with zero attached hydrogens (tertiary/aromatic N) is 3. The molecule has 0 atom stereocenters. The van der Waals surface area contributed by atoms with Crippen molar-refractivity contribution in [2.75, 3.05) is 45.2 Å². The molecule has 4 rings (SSSR count). The molecule has 2 heterocycles. The molecule has 1 fully saturated rings. The maximum absolute atomic E-state index is 12.4. The van der Waals surface area contributed by atoms with Gasteiger partial charge in [0.2, 0.25) is 5.91 Å². The van der Waals surface area contributed by atoms with Crippen molar-refractivity contribution in [3.8, 4) is 17.0 Å². The third-order valence-corrected chi connectivity index (χ3v) is 6.24. The monoisotopic (exact) mass is 436 g/mol. The summed E-state index contributed by atoms with van der Waals surface area (Å²) >= 11 is 1.47. The van der Waals surface area contributed by atoms with E-state index in [2.05, 4.69) is 32.2 Å². The van der Waals surface area contributed by atoms with Crippen LogP contribution in [0.25, 0.3) is 11.3 Å². The molecule has 2 aromatic carbocycles. The Hall–Kier alpha value is -2.74. The molecule has 0 radical (unpaired) electrons. The van der Waals surface area contributed by atoms with Crippen molar-refractivity contribution in [3.05, 3.63) is 65.5 Å². The van der Waals surface area contributed by atoms with Gasteiger partial charge in [0.05, 0.1) is 12.8 Å². The predicted molar refractivity (Wildman–Crippen MR) is 126 cm³/mol. The molecule has 0 bridgehead atoms. The number of hydrogen-bond donors (Lipinski definition) is 1. The Morgan fingerprint density at radius 1 is 1.06 bits per heavy atom. The van der Waals surface area contributed by atoms with Gasteiger partial charge in [0.25, 0.3) is 0 Å². The van der Waals surface area contributed by atoms with Crippen molar-refractivity contribution >= 4 is 22.4 Å². The Kier molecular flexibility index (Phi) is 7.30. The molecule has 0 saturated carbocycles. The molecule has 31 heavy (non-hydrogen) atoms. The van der Waals surface area contributed by atoms with Gasteiger partial charge in [-0.2, -0.15) is 0 Å². The number of carbonyl (C=O) groups is 1. The first kappa shape index (κ1) is 21.5. The standard InChI is InChI=1S/C24H28N4O2S/c1-30-21-9-5-6-19(16-21)17-28-14-12-27(13-15-28)11-10-23(29)26-24-25-22(18-31-24)20-7-3-2-4-8-20/h2-9,16,18H,10-15,17H2,1H3,(H,25,26,29). The second kappa shape index (κ2) is 10.5. The van der Waals surface area contributed by atoms with Crippen LogP contribution in [0.5, 0.6) is 5.75 Å². The van der Waals surface area contributed by atoms with Gasteiger partial charge in [0.15, 0.2) is 5.13 Å². The zero-order valence-electron chi connectivity index (χ0n) is 17.8. The van der Waals surface area contributed by atoms with Gasteiger partial charge in [-0.25, -0.2) is 4.98 Å². The minimum atomic E-state index is 0.0211. The van der Waals surface area contributed by atoms with E-state index in [4.69, 9.17) is 4.74 Å². The van der Waals surface area contributed by atoms with E-state index in [1.807, 2.05) is 47.8 Å². The molecule has 1 saturated heterocycles. The number of thiazole rings is 1. The van der Waals surface area contributed by atoms with E-state index < -0.39 is 0 Å². The van der Waals surface area contributed by atoms with Gasteiger partial charge < -0.3 is 15.0 Å². The zero-order chi connectivity index (χ0) is 21.5. The van der Waals surface area contributed by atoms with Gasteiger partial charge in [0.1, 0.15) is 5.75 Å². The molecule has 0 spiro atoms. The van der Waals surface area contributed by atoms with Gasteiger partial charge >= 0.3 is 0 Å². The fourth-order valence-corrected chi connectivity index (χ4v) is 4.45. The van der Waals surface area contributed by atoms with E-state index >= 15 is 0 Å². The fraction of sp³-hybridized carbons (Fsp3) is 0.333. The first-order chi connectivity index (χ1) is 15.2. The third kappa shape index (κ3) is 6.13. The summed E-state index contributed by atoms with van der Waals surface area (Å²) in [6.07, 6.45) is 0.482. The van der Waals surface area contributed by atoms with E-state index in [-0.39, 0.29) is 5.91 Å². The molecule has 162 valence electrons. The maximum atomic E-state index is 12.4. The van der Waals surface area contributed by atoms with E-state index in [1.165, 1.54) is 16.9 Å². The highest BCUT2D eigenvalue weighted by Gasteiger charge is 2.18. The van der Waals surface area contributed by atoms with Crippen molar-refractivity contribution in [2.45, 2.75) is 13.0 Å². The number of methoxy groups -OCH3 is 1. The zero-order valence-corrected chi connectivity index (χ0v) is 18.6. The highest BCUT2D eigenvalue weighted by atomic mass is 32.1. The number of benzene rings is 2. The maximum Gasteiger partial charge on any atom is 0.227 e. The summed E-state index contributed by atoms with van der Waals surface area (Å²) in [5.41, 5.74) is 3.23. The molecule has 6 nitrogen and oxygen atoms in total. The highest BCUT2D eigenvalue weighted by Crippen LogP contribution is 2.24. The summed E-state index contributed by atoms with van der Waals surface area (Å²) in [5.74, 6) is 0.922. The molecule has 1 N–H and O–H groups in total. The average molecular weight is 437 g/mol. The van der Waals surface area contributed by atoms with Crippen molar-refractivity contribution in [1.29, 1.82) is 0 Å². The Bertz CT molecular complexity index is 984. The Balaban J connectivity index is 1.18. The first-order valence-corrected chi connectivity index (χ1v) is 11.5. The SMILES string of the molecule is COc1cccc(CN2CCN(CCC(=O)Nc3nc(-c4ccccc4)cs3)CC2)c1. The fourth-order valence-electron chi connectivity index (χ4n) is 3.71. The average Bonchev–Trinajstić information content (AvgIpc) is 3.28. The summed E-state index contributed by atoms with van der Waals surface area (Å²) in [5, 5.41) is 5.58. The quantitative estimate of drug-likeness (QED) is 0.579. The summed E-state index contributed by atoms with van der Waals surface area (Å²) in [7, 11) is 1.70. The minimum Gasteiger partial charge on any atom is -0.497 e. The summed E-state index contributed by atoms with van der Waals surface area (Å²) in [4.78, 5) is 21.7. The number of ether oxygens (including phenoxy) is 1. The topological polar surface area (TPSA) is 57.7 Å². The molecule has 1 aromatic heterocycles. The second-order valence-corrected chi connectivity index (χ2v) is 8.53. The third-order valence-electron chi connectivity index (χ3n) is 5.48. The number of rotatable bonds is 8. The minimum absolute atomic E-state index is 0.0211. The Morgan fingerprint density at radius 2 is 1.84 bits per heavy atom. The predicted octanol–water partition coefficient (Wildman–Crippen LogP) is 3.97. The van der Waals surface area contributed by atoms with Crippen LogP contribution in [0.15, 0.2) is 60.0 Å². The van der Waals surface area contributed by atoms with E-state index in [1.54, 1.807) is 7.11 Å².